The lowest BCUT2D eigenvalue weighted by molar-refractivity contribution is 0.238. The lowest BCUT2D eigenvalue weighted by Gasteiger charge is -2.21. The molecule has 0 N–H and O–H groups in total. The Kier molecular flexibility index (Phi) is 3.22. The van der Waals surface area contributed by atoms with Crippen LogP contribution in [-0.4, -0.2) is 16.6 Å². The van der Waals surface area contributed by atoms with E-state index in [1.54, 1.807) is 0 Å². The molecule has 1 atom stereocenters. The first-order valence-corrected chi connectivity index (χ1v) is 7.26. The Labute approximate surface area is 111 Å². The van der Waals surface area contributed by atoms with Crippen LogP contribution in [0.3, 0.4) is 0 Å². The van der Waals surface area contributed by atoms with Crippen LogP contribution < -0.4 is 0 Å². The predicted octanol–water partition coefficient (Wildman–Crippen LogP) is 3.69. The molecule has 3 heterocycles. The number of hydrogen-bond acceptors (Lipinski definition) is 4. The van der Waals surface area contributed by atoms with E-state index < -0.39 is 0 Å². The van der Waals surface area contributed by atoms with Gasteiger partial charge in [-0.2, -0.15) is 0 Å². The van der Waals surface area contributed by atoms with Crippen LogP contribution in [0.5, 0.6) is 0 Å². The highest BCUT2D eigenvalue weighted by atomic mass is 32.1. The van der Waals surface area contributed by atoms with Crippen LogP contribution in [0.1, 0.15) is 40.1 Å². The van der Waals surface area contributed by atoms with E-state index in [2.05, 4.69) is 35.2 Å². The minimum atomic E-state index is 0.435. The van der Waals surface area contributed by atoms with Crippen LogP contribution in [0.4, 0.5) is 0 Å². The highest BCUT2D eigenvalue weighted by Gasteiger charge is 2.28. The second-order valence-electron chi connectivity index (χ2n) is 5.00. The van der Waals surface area contributed by atoms with E-state index in [1.807, 2.05) is 18.3 Å². The van der Waals surface area contributed by atoms with Crippen molar-refractivity contribution in [1.29, 1.82) is 0 Å². The number of hydrogen-bond donors (Lipinski definition) is 0. The Morgan fingerprint density at radius 2 is 2.33 bits per heavy atom. The molecule has 0 aliphatic carbocycles. The van der Waals surface area contributed by atoms with E-state index in [0.717, 1.165) is 24.5 Å². The molecular weight excluding hydrogens is 244 g/mol. The second kappa shape index (κ2) is 4.86. The molecule has 96 valence electrons. The van der Waals surface area contributed by atoms with Gasteiger partial charge in [-0.25, -0.2) is 0 Å². The van der Waals surface area contributed by atoms with Gasteiger partial charge in [-0.05, 0) is 45.4 Å². The molecule has 0 amide bonds. The minimum Gasteiger partial charge on any atom is -0.361 e. The summed E-state index contributed by atoms with van der Waals surface area (Å²) in [5.41, 5.74) is 1.10. The molecule has 4 heteroatoms. The van der Waals surface area contributed by atoms with Gasteiger partial charge in [0.25, 0.3) is 0 Å². The largest absolute Gasteiger partial charge is 0.361 e. The van der Waals surface area contributed by atoms with Crippen LogP contribution in [0.25, 0.3) is 0 Å². The summed E-state index contributed by atoms with van der Waals surface area (Å²) in [6.07, 6.45) is 2.44. The first kappa shape index (κ1) is 11.9. The normalized spacial score (nSPS) is 20.7. The van der Waals surface area contributed by atoms with Crippen molar-refractivity contribution in [1.82, 2.24) is 10.1 Å². The van der Waals surface area contributed by atoms with Crippen molar-refractivity contribution in [2.75, 3.05) is 6.54 Å². The molecule has 2 aromatic heterocycles. The lowest BCUT2D eigenvalue weighted by Crippen LogP contribution is -2.22. The summed E-state index contributed by atoms with van der Waals surface area (Å²) in [7, 11) is 0. The van der Waals surface area contributed by atoms with Gasteiger partial charge >= 0.3 is 0 Å². The number of thiophene rings is 1. The zero-order valence-corrected chi connectivity index (χ0v) is 11.7. The third-order valence-electron chi connectivity index (χ3n) is 3.51. The van der Waals surface area contributed by atoms with E-state index in [1.165, 1.54) is 22.6 Å². The van der Waals surface area contributed by atoms with Crippen molar-refractivity contribution in [2.45, 2.75) is 39.3 Å². The number of aryl methyl sites for hydroxylation is 2. The van der Waals surface area contributed by atoms with Crippen LogP contribution in [-0.2, 0) is 6.54 Å². The zero-order valence-electron chi connectivity index (χ0n) is 10.8. The maximum Gasteiger partial charge on any atom is 0.133 e. The average Bonchev–Trinajstić information content (AvgIpc) is 3.01. The van der Waals surface area contributed by atoms with Gasteiger partial charge < -0.3 is 4.52 Å². The third kappa shape index (κ3) is 2.35. The molecule has 0 unspecified atom stereocenters. The molecule has 3 rings (SSSR count). The quantitative estimate of drug-likeness (QED) is 0.844. The van der Waals surface area contributed by atoms with Crippen LogP contribution >= 0.6 is 11.3 Å². The molecule has 0 saturated carbocycles. The van der Waals surface area contributed by atoms with Gasteiger partial charge in [-0.1, -0.05) is 5.16 Å². The fourth-order valence-corrected chi connectivity index (χ4v) is 3.58. The summed E-state index contributed by atoms with van der Waals surface area (Å²) < 4.78 is 5.21. The van der Waals surface area contributed by atoms with E-state index in [0.29, 0.717) is 6.04 Å². The Morgan fingerprint density at radius 1 is 1.44 bits per heavy atom. The molecule has 0 spiro atoms. The molecule has 3 nitrogen and oxygen atoms in total. The summed E-state index contributed by atoms with van der Waals surface area (Å²) in [6.45, 7) is 6.32. The molecule has 1 fully saturated rings. The molecule has 0 aromatic carbocycles. The van der Waals surface area contributed by atoms with E-state index in [-0.39, 0.29) is 0 Å². The second-order valence-corrected chi connectivity index (χ2v) is 6.38. The topological polar surface area (TPSA) is 29.3 Å². The minimum absolute atomic E-state index is 0.435. The van der Waals surface area contributed by atoms with Gasteiger partial charge in [-0.3, -0.25) is 4.90 Å². The average molecular weight is 262 g/mol. The number of nitrogens with zero attached hydrogens (tertiary/aromatic N) is 2. The SMILES string of the molecule is Cc1cc([C@H]2CCCN2Cc2ccc(C)s2)no1. The Hall–Kier alpha value is -1.13. The maximum absolute atomic E-state index is 5.21. The van der Waals surface area contributed by atoms with Crippen molar-refractivity contribution in [3.8, 4) is 0 Å². The fraction of sp³-hybridized carbons (Fsp3) is 0.500. The van der Waals surface area contributed by atoms with E-state index in [9.17, 15) is 0 Å². The molecule has 1 aliphatic heterocycles. The molecule has 0 bridgehead atoms. The van der Waals surface area contributed by atoms with E-state index >= 15 is 0 Å². The van der Waals surface area contributed by atoms with Gasteiger partial charge in [0.2, 0.25) is 0 Å². The fourth-order valence-electron chi connectivity index (χ4n) is 2.66. The number of aromatic nitrogens is 1. The van der Waals surface area contributed by atoms with E-state index in [4.69, 9.17) is 4.52 Å². The van der Waals surface area contributed by atoms with Gasteiger partial charge in [0.1, 0.15) is 11.5 Å². The highest BCUT2D eigenvalue weighted by Crippen LogP contribution is 2.33. The molecule has 18 heavy (non-hydrogen) atoms. The third-order valence-corrected chi connectivity index (χ3v) is 4.49. The monoisotopic (exact) mass is 262 g/mol. The van der Waals surface area contributed by atoms with Gasteiger partial charge in [-0.15, -0.1) is 11.3 Å². The maximum atomic E-state index is 5.21. The lowest BCUT2D eigenvalue weighted by atomic mass is 10.1. The molecule has 1 aliphatic rings. The Morgan fingerprint density at radius 3 is 3.00 bits per heavy atom. The van der Waals surface area contributed by atoms with Crippen molar-refractivity contribution in [3.63, 3.8) is 0 Å². The number of likely N-dealkylation sites (tertiary alicyclic amines) is 1. The summed E-state index contributed by atoms with van der Waals surface area (Å²) in [4.78, 5) is 5.35. The summed E-state index contributed by atoms with van der Waals surface area (Å²) in [5, 5.41) is 4.18. The summed E-state index contributed by atoms with van der Waals surface area (Å²) in [5.74, 6) is 0.906. The molecule has 2 aromatic rings. The van der Waals surface area contributed by atoms with Crippen LogP contribution in [0.15, 0.2) is 22.7 Å². The standard InChI is InChI=1S/C14H18N2OS/c1-10-8-13(15-17-10)14-4-3-7-16(14)9-12-6-5-11(2)18-12/h5-6,8,14H,3-4,7,9H2,1-2H3/t14-/m1/s1. The molecule has 1 saturated heterocycles. The Bertz CT molecular complexity index is 531. The smallest absolute Gasteiger partial charge is 0.133 e. The van der Waals surface area contributed by atoms with Crippen molar-refractivity contribution >= 4 is 11.3 Å². The highest BCUT2D eigenvalue weighted by molar-refractivity contribution is 7.11. The Balaban J connectivity index is 1.75. The van der Waals surface area contributed by atoms with Crippen molar-refractivity contribution in [2.24, 2.45) is 0 Å². The van der Waals surface area contributed by atoms with Gasteiger partial charge in [0.05, 0.1) is 6.04 Å². The van der Waals surface area contributed by atoms with Crippen LogP contribution in [0.2, 0.25) is 0 Å². The van der Waals surface area contributed by atoms with Gasteiger partial charge in [0, 0.05) is 22.4 Å². The zero-order chi connectivity index (χ0) is 12.5. The first-order chi connectivity index (χ1) is 8.72. The summed E-state index contributed by atoms with van der Waals surface area (Å²) in [6, 6.07) is 6.95. The van der Waals surface area contributed by atoms with Crippen LogP contribution in [0, 0.1) is 13.8 Å². The summed E-state index contributed by atoms with van der Waals surface area (Å²) >= 11 is 1.89. The van der Waals surface area contributed by atoms with Crippen molar-refractivity contribution < 1.29 is 4.52 Å². The van der Waals surface area contributed by atoms with Gasteiger partial charge in [0.15, 0.2) is 0 Å². The number of rotatable bonds is 3. The molecule has 0 radical (unpaired) electrons. The predicted molar refractivity (Wildman–Crippen MR) is 72.7 cm³/mol. The van der Waals surface area contributed by atoms with Crippen molar-refractivity contribution in [3.05, 3.63) is 39.4 Å². The first-order valence-electron chi connectivity index (χ1n) is 6.45. The molecular formula is C14H18N2OS.